The number of carbonyl (C=O) groups is 10. The van der Waals surface area contributed by atoms with Gasteiger partial charge in [-0.25, -0.2) is 0 Å². The number of Topliss-reactive ketones (excluding diaryl/α,β-unsaturated/α-hetero) is 1. The van der Waals surface area contributed by atoms with Crippen LogP contribution in [0.3, 0.4) is 0 Å². The molecule has 0 spiro atoms. The standard InChI is InChI=1S/C52H84N8O12/c1-19-30(7)42-47(66)53-26-38(61)59(16)41(29(5)6)49(68)58(15)37(25-35-21-23-36(71-18)24-22-35)46(65)55-33(10)44(63)52(12,13)51(70)57(14)34(11)45(64)56-40(28(3)4)32(9)50(69)72-43(31(8)20-2)48(67)54-27-39(62)60(42)17/h21-24,28-34,37,40-43H,19-20,25-27H2,1-18H3,(H,53,66)(H,54,67)(H,55,65)(H,56,64)/t30-,31+,32+,33-,34-,37-,40-,41+,42-,43+/m1/s1. The molecule has 20 nitrogen and oxygen atoms in total. The van der Waals surface area contributed by atoms with Gasteiger partial charge in [0.1, 0.15) is 35.3 Å². The highest BCUT2D eigenvalue weighted by Gasteiger charge is 2.45. The van der Waals surface area contributed by atoms with Gasteiger partial charge in [-0.2, -0.15) is 0 Å². The fraction of sp³-hybridized carbons (Fsp3) is 0.692. The molecule has 1 aliphatic rings. The number of hydrogen-bond donors (Lipinski definition) is 4. The Morgan fingerprint density at radius 3 is 1.65 bits per heavy atom. The van der Waals surface area contributed by atoms with Crippen LogP contribution in [0.2, 0.25) is 0 Å². The predicted molar refractivity (Wildman–Crippen MR) is 271 cm³/mol. The molecule has 0 aromatic heterocycles. The van der Waals surface area contributed by atoms with Crippen molar-refractivity contribution in [2.75, 3.05) is 48.4 Å². The lowest BCUT2D eigenvalue weighted by Crippen LogP contribution is -2.60. The molecule has 72 heavy (non-hydrogen) atoms. The zero-order valence-electron chi connectivity index (χ0n) is 46.0. The lowest BCUT2D eigenvalue weighted by Gasteiger charge is -2.37. The Kier molecular flexibility index (Phi) is 23.4. The Balaban J connectivity index is 2.75. The van der Waals surface area contributed by atoms with Gasteiger partial charge >= 0.3 is 5.97 Å². The molecule has 1 aromatic carbocycles. The van der Waals surface area contributed by atoms with E-state index in [1.807, 2.05) is 6.92 Å². The minimum absolute atomic E-state index is 0.0335. The summed E-state index contributed by atoms with van der Waals surface area (Å²) in [6, 6.07) is 0.0615. The molecule has 2 rings (SSSR count). The smallest absolute Gasteiger partial charge is 0.311 e. The topological polar surface area (TPSA) is 250 Å². The first kappa shape index (κ1) is 62.0. The van der Waals surface area contributed by atoms with Crippen molar-refractivity contribution < 1.29 is 57.4 Å². The molecule has 1 saturated heterocycles. The van der Waals surface area contributed by atoms with E-state index in [0.717, 1.165) is 4.90 Å². The van der Waals surface area contributed by atoms with Crippen molar-refractivity contribution in [3.05, 3.63) is 29.8 Å². The van der Waals surface area contributed by atoms with E-state index in [1.54, 1.807) is 79.7 Å². The van der Waals surface area contributed by atoms with Crippen molar-refractivity contribution in [3.63, 3.8) is 0 Å². The third kappa shape index (κ3) is 15.5. The van der Waals surface area contributed by atoms with Crippen molar-refractivity contribution in [1.29, 1.82) is 0 Å². The van der Waals surface area contributed by atoms with Gasteiger partial charge in [0.2, 0.25) is 41.4 Å². The van der Waals surface area contributed by atoms with Crippen LogP contribution < -0.4 is 26.0 Å². The quantitative estimate of drug-likeness (QED) is 0.206. The molecule has 1 aliphatic heterocycles. The third-order valence-corrected chi connectivity index (χ3v) is 14.3. The number of amides is 8. The predicted octanol–water partition coefficient (Wildman–Crippen LogP) is 2.35. The van der Waals surface area contributed by atoms with Gasteiger partial charge in [0, 0.05) is 46.6 Å². The summed E-state index contributed by atoms with van der Waals surface area (Å²) >= 11 is 0. The summed E-state index contributed by atoms with van der Waals surface area (Å²) in [6.07, 6.45) is -0.497. The summed E-state index contributed by atoms with van der Waals surface area (Å²) in [5.41, 5.74) is -1.16. The summed E-state index contributed by atoms with van der Waals surface area (Å²) in [5, 5.41) is 10.8. The van der Waals surface area contributed by atoms with Gasteiger partial charge in [-0.1, -0.05) is 73.9 Å². The monoisotopic (exact) mass is 1010 g/mol. The number of methoxy groups -OCH3 is 1. The lowest BCUT2D eigenvalue weighted by atomic mass is 9.82. The maximum Gasteiger partial charge on any atom is 0.311 e. The van der Waals surface area contributed by atoms with Crippen LogP contribution in [0.5, 0.6) is 5.75 Å². The molecule has 4 N–H and O–H groups in total. The number of ether oxygens (including phenoxy) is 2. The fourth-order valence-electron chi connectivity index (χ4n) is 8.77. The van der Waals surface area contributed by atoms with Crippen molar-refractivity contribution in [1.82, 2.24) is 40.9 Å². The normalized spacial score (nSPS) is 26.9. The summed E-state index contributed by atoms with van der Waals surface area (Å²) in [6.45, 7) is 20.2. The number of ketones is 1. The van der Waals surface area contributed by atoms with Crippen molar-refractivity contribution >= 4 is 59.0 Å². The van der Waals surface area contributed by atoms with E-state index < -0.39 is 144 Å². The van der Waals surface area contributed by atoms with Crippen molar-refractivity contribution in [2.24, 2.45) is 35.0 Å². The second-order valence-electron chi connectivity index (χ2n) is 20.6. The number of rotatable bonds is 9. The first-order valence-corrected chi connectivity index (χ1v) is 25.0. The van der Waals surface area contributed by atoms with Crippen LogP contribution in [0.25, 0.3) is 0 Å². The number of likely N-dealkylation sites (N-methyl/N-ethyl adjacent to an activating group) is 4. The number of cyclic esters (lactones) is 1. The van der Waals surface area contributed by atoms with Crippen LogP contribution in [0, 0.1) is 35.0 Å². The first-order valence-electron chi connectivity index (χ1n) is 25.0. The van der Waals surface area contributed by atoms with E-state index in [4.69, 9.17) is 9.47 Å². The summed E-state index contributed by atoms with van der Waals surface area (Å²) in [4.78, 5) is 145. The van der Waals surface area contributed by atoms with Crippen LogP contribution in [0.1, 0.15) is 108 Å². The molecule has 1 fully saturated rings. The highest BCUT2D eigenvalue weighted by molar-refractivity contribution is 6.09. The Hall–Kier alpha value is -6.08. The number of esters is 1. The molecule has 10 atom stereocenters. The second kappa shape index (κ2) is 27.1. The van der Waals surface area contributed by atoms with Crippen LogP contribution in [0.15, 0.2) is 24.3 Å². The highest BCUT2D eigenvalue weighted by atomic mass is 16.5. The van der Waals surface area contributed by atoms with Crippen LogP contribution in [0.4, 0.5) is 0 Å². The molecule has 1 aromatic rings. The van der Waals surface area contributed by atoms with Crippen molar-refractivity contribution in [3.8, 4) is 5.75 Å². The van der Waals surface area contributed by atoms with Crippen LogP contribution >= 0.6 is 0 Å². The van der Waals surface area contributed by atoms with Gasteiger partial charge in [0.15, 0.2) is 11.9 Å². The molecule has 404 valence electrons. The molecule has 0 bridgehead atoms. The second-order valence-corrected chi connectivity index (χ2v) is 20.6. The molecule has 0 aliphatic carbocycles. The minimum Gasteiger partial charge on any atom is -0.497 e. The third-order valence-electron chi connectivity index (χ3n) is 14.3. The maximum absolute atomic E-state index is 14.6. The van der Waals surface area contributed by atoms with E-state index >= 15 is 0 Å². The maximum atomic E-state index is 14.6. The molecule has 0 unspecified atom stereocenters. The fourth-order valence-corrected chi connectivity index (χ4v) is 8.77. The number of benzene rings is 1. The average Bonchev–Trinajstić information content (AvgIpc) is 3.34. The molecular formula is C52H84N8O12. The average molecular weight is 1010 g/mol. The van der Waals surface area contributed by atoms with Crippen LogP contribution in [-0.2, 0) is 59.1 Å². The van der Waals surface area contributed by atoms with Gasteiger partial charge in [-0.05, 0) is 76.5 Å². The molecule has 20 heteroatoms. The summed E-state index contributed by atoms with van der Waals surface area (Å²) in [7, 11) is 7.10. The Morgan fingerprint density at radius 2 is 1.17 bits per heavy atom. The van der Waals surface area contributed by atoms with E-state index in [1.165, 1.54) is 77.7 Å². The number of nitrogens with zero attached hydrogens (tertiary/aromatic N) is 4. The van der Waals surface area contributed by atoms with Gasteiger partial charge in [-0.3, -0.25) is 47.9 Å². The molecule has 8 amide bonds. The van der Waals surface area contributed by atoms with Gasteiger partial charge in [0.05, 0.1) is 32.2 Å². The largest absolute Gasteiger partial charge is 0.497 e. The van der Waals surface area contributed by atoms with Gasteiger partial charge < -0.3 is 50.3 Å². The Labute approximate surface area is 426 Å². The van der Waals surface area contributed by atoms with Crippen molar-refractivity contribution in [2.45, 2.75) is 152 Å². The number of nitrogens with one attached hydrogen (secondary N) is 4. The minimum atomic E-state index is -1.79. The summed E-state index contributed by atoms with van der Waals surface area (Å²) in [5.74, 6) is -9.13. The molecule has 1 heterocycles. The molecule has 0 saturated carbocycles. The SMILES string of the molecule is CC[C@@H](C)[C@@H]1C(=O)NCC(=O)N(C)[C@@H](C(C)C)C(=O)N(C)[C@H](Cc2ccc(OC)cc2)C(=O)N[C@H](C)C(=O)C(C)(C)C(=O)N(C)[C@H](C)C(=O)N[C@H](C(C)C)[C@H](C)C(=O)O[C@@H]([C@@H](C)CC)C(=O)NCC(=O)N1C. The molecule has 0 radical (unpaired) electrons. The first-order chi connectivity index (χ1) is 33.4. The van der Waals surface area contributed by atoms with E-state index in [2.05, 4.69) is 21.3 Å². The summed E-state index contributed by atoms with van der Waals surface area (Å²) < 4.78 is 11.1. The number of hydrogen-bond acceptors (Lipinski definition) is 12. The lowest BCUT2D eigenvalue weighted by molar-refractivity contribution is -0.164. The molecular weight excluding hydrogens is 929 g/mol. The van der Waals surface area contributed by atoms with E-state index in [-0.39, 0.29) is 12.3 Å². The zero-order valence-corrected chi connectivity index (χ0v) is 46.0. The Bertz CT molecular complexity index is 2110. The van der Waals surface area contributed by atoms with Gasteiger partial charge in [-0.15, -0.1) is 0 Å². The Morgan fingerprint density at radius 1 is 0.653 bits per heavy atom. The zero-order chi connectivity index (χ0) is 55.3. The van der Waals surface area contributed by atoms with Gasteiger partial charge in [0.25, 0.3) is 5.91 Å². The highest BCUT2D eigenvalue weighted by Crippen LogP contribution is 2.26. The number of carbonyl (C=O) groups excluding carboxylic acids is 10. The van der Waals surface area contributed by atoms with E-state index in [0.29, 0.717) is 24.2 Å². The van der Waals surface area contributed by atoms with E-state index in [9.17, 15) is 47.9 Å². The van der Waals surface area contributed by atoms with Crippen LogP contribution in [-0.4, -0.2) is 169 Å².